The Balaban J connectivity index is 1.51. The van der Waals surface area contributed by atoms with E-state index < -0.39 is 11.1 Å². The first kappa shape index (κ1) is 17.7. The summed E-state index contributed by atoms with van der Waals surface area (Å²) in [6.45, 7) is 3.85. The molecule has 0 saturated heterocycles. The van der Waals surface area contributed by atoms with Gasteiger partial charge in [-0.15, -0.1) is 10.2 Å². The van der Waals surface area contributed by atoms with Gasteiger partial charge >= 0.3 is 0 Å². The largest absolute Gasteiger partial charge is 0.411 e. The third kappa shape index (κ3) is 3.35. The van der Waals surface area contributed by atoms with Gasteiger partial charge in [0.2, 0.25) is 5.91 Å². The van der Waals surface area contributed by atoms with Gasteiger partial charge < -0.3 is 9.32 Å². The van der Waals surface area contributed by atoms with Crippen molar-refractivity contribution in [2.24, 2.45) is 0 Å². The van der Waals surface area contributed by atoms with Crippen LogP contribution in [-0.4, -0.2) is 27.4 Å². The lowest BCUT2D eigenvalue weighted by molar-refractivity contribution is -0.118. The van der Waals surface area contributed by atoms with E-state index in [1.807, 2.05) is 36.9 Å². The topological polar surface area (TPSA) is 59.2 Å². The number of benzene rings is 2. The van der Waals surface area contributed by atoms with Crippen molar-refractivity contribution in [3.05, 3.63) is 59.9 Å². The van der Waals surface area contributed by atoms with Gasteiger partial charge in [0.1, 0.15) is 5.82 Å². The number of hydrogen-bond acceptors (Lipinski definition) is 5. The number of carbonyl (C=O) groups is 1. The molecule has 4 rings (SSSR count). The summed E-state index contributed by atoms with van der Waals surface area (Å²) in [6, 6.07) is 14.3. The Labute approximate surface area is 160 Å². The molecule has 3 aromatic rings. The maximum atomic E-state index is 13.9. The van der Waals surface area contributed by atoms with Crippen molar-refractivity contribution in [3.63, 3.8) is 0 Å². The first-order chi connectivity index (χ1) is 13.0. The standard InChI is InChI=1S/C20H18FN3O2S/c1-12-11-14-7-3-6-10-17(14)24(12)19(25)13(2)27-20-23-22-18(26-20)15-8-4-5-9-16(15)21/h3-10,12-13H,11H2,1-2H3/t12-,13-/m0/s1. The van der Waals surface area contributed by atoms with Crippen LogP contribution in [0.5, 0.6) is 0 Å². The summed E-state index contributed by atoms with van der Waals surface area (Å²) in [5.74, 6) is -0.331. The number of carbonyl (C=O) groups excluding carboxylic acids is 1. The molecular weight excluding hydrogens is 365 g/mol. The monoisotopic (exact) mass is 383 g/mol. The SMILES string of the molecule is C[C@H](Sc1nnc(-c2ccccc2F)o1)C(=O)N1c2ccccc2C[C@@H]1C. The van der Waals surface area contributed by atoms with Crippen molar-refractivity contribution in [2.45, 2.75) is 36.8 Å². The van der Waals surface area contributed by atoms with Crippen LogP contribution in [-0.2, 0) is 11.2 Å². The number of anilines is 1. The van der Waals surface area contributed by atoms with Crippen molar-refractivity contribution >= 4 is 23.4 Å². The molecule has 2 heterocycles. The molecule has 7 heteroatoms. The van der Waals surface area contributed by atoms with Crippen molar-refractivity contribution < 1.29 is 13.6 Å². The minimum atomic E-state index is -0.427. The van der Waals surface area contributed by atoms with E-state index in [1.165, 1.54) is 23.4 Å². The second-order valence-electron chi connectivity index (χ2n) is 6.50. The van der Waals surface area contributed by atoms with E-state index in [0.29, 0.717) is 0 Å². The Morgan fingerprint density at radius 3 is 2.78 bits per heavy atom. The molecule has 1 aliphatic heterocycles. The lowest BCUT2D eigenvalue weighted by atomic mass is 10.1. The van der Waals surface area contributed by atoms with Crippen LogP contribution in [0.25, 0.3) is 11.5 Å². The fraction of sp³-hybridized carbons (Fsp3) is 0.250. The minimum Gasteiger partial charge on any atom is -0.411 e. The molecule has 0 aliphatic carbocycles. The van der Waals surface area contributed by atoms with Gasteiger partial charge in [-0.3, -0.25) is 4.79 Å². The predicted molar refractivity (Wildman–Crippen MR) is 102 cm³/mol. The van der Waals surface area contributed by atoms with Gasteiger partial charge in [-0.2, -0.15) is 0 Å². The quantitative estimate of drug-likeness (QED) is 0.628. The first-order valence-electron chi connectivity index (χ1n) is 8.70. The molecule has 1 aromatic heterocycles. The molecule has 0 fully saturated rings. The van der Waals surface area contributed by atoms with Crippen LogP contribution in [0.2, 0.25) is 0 Å². The fourth-order valence-corrected chi connectivity index (χ4v) is 4.03. The maximum absolute atomic E-state index is 13.9. The molecular formula is C20H18FN3O2S. The Morgan fingerprint density at radius 1 is 1.22 bits per heavy atom. The molecule has 138 valence electrons. The van der Waals surface area contributed by atoms with Crippen LogP contribution in [0.4, 0.5) is 10.1 Å². The lowest BCUT2D eigenvalue weighted by Gasteiger charge is -2.25. The summed E-state index contributed by atoms with van der Waals surface area (Å²) in [7, 11) is 0. The van der Waals surface area contributed by atoms with Gasteiger partial charge in [0.15, 0.2) is 0 Å². The highest BCUT2D eigenvalue weighted by Gasteiger charge is 2.34. The Morgan fingerprint density at radius 2 is 1.96 bits per heavy atom. The molecule has 1 amide bonds. The number of halogens is 1. The number of para-hydroxylation sites is 1. The van der Waals surface area contributed by atoms with Crippen molar-refractivity contribution in [3.8, 4) is 11.5 Å². The van der Waals surface area contributed by atoms with Gasteiger partial charge in [-0.1, -0.05) is 42.1 Å². The van der Waals surface area contributed by atoms with Crippen LogP contribution >= 0.6 is 11.8 Å². The third-order valence-corrected chi connectivity index (χ3v) is 5.50. The molecule has 0 bridgehead atoms. The molecule has 2 atom stereocenters. The molecule has 0 unspecified atom stereocenters. The summed E-state index contributed by atoms with van der Waals surface area (Å²) in [4.78, 5) is 14.8. The second-order valence-corrected chi connectivity index (χ2v) is 7.80. The summed E-state index contributed by atoms with van der Waals surface area (Å²) in [6.07, 6.45) is 0.845. The minimum absolute atomic E-state index is 0.0110. The molecule has 27 heavy (non-hydrogen) atoms. The summed E-state index contributed by atoms with van der Waals surface area (Å²) in [5.41, 5.74) is 2.38. The van der Waals surface area contributed by atoms with E-state index in [0.717, 1.165) is 12.1 Å². The highest BCUT2D eigenvalue weighted by Crippen LogP contribution is 2.35. The number of amides is 1. The highest BCUT2D eigenvalue weighted by atomic mass is 32.2. The van der Waals surface area contributed by atoms with E-state index in [2.05, 4.69) is 16.3 Å². The Hall–Kier alpha value is -2.67. The number of hydrogen-bond donors (Lipinski definition) is 0. The van der Waals surface area contributed by atoms with E-state index >= 15 is 0 Å². The van der Waals surface area contributed by atoms with Crippen LogP contribution in [0.15, 0.2) is 58.2 Å². The predicted octanol–water partition coefficient (Wildman–Crippen LogP) is 4.33. The maximum Gasteiger partial charge on any atom is 0.277 e. The zero-order chi connectivity index (χ0) is 19.0. The van der Waals surface area contributed by atoms with Crippen LogP contribution in [0, 0.1) is 5.82 Å². The van der Waals surface area contributed by atoms with E-state index in [9.17, 15) is 9.18 Å². The van der Waals surface area contributed by atoms with E-state index in [-0.39, 0.29) is 28.6 Å². The van der Waals surface area contributed by atoms with Crippen molar-refractivity contribution in [1.82, 2.24) is 10.2 Å². The molecule has 2 aromatic carbocycles. The van der Waals surface area contributed by atoms with Gasteiger partial charge in [0, 0.05) is 11.7 Å². The summed E-state index contributed by atoms with van der Waals surface area (Å²) < 4.78 is 19.4. The van der Waals surface area contributed by atoms with Gasteiger partial charge in [0.25, 0.3) is 11.1 Å². The van der Waals surface area contributed by atoms with E-state index in [1.54, 1.807) is 18.2 Å². The second kappa shape index (κ2) is 7.15. The number of rotatable bonds is 4. The molecule has 5 nitrogen and oxygen atoms in total. The highest BCUT2D eigenvalue weighted by molar-refractivity contribution is 8.00. The van der Waals surface area contributed by atoms with Crippen molar-refractivity contribution in [1.29, 1.82) is 0 Å². The normalized spacial score (nSPS) is 17.0. The average molecular weight is 383 g/mol. The third-order valence-electron chi connectivity index (χ3n) is 4.58. The van der Waals surface area contributed by atoms with Crippen LogP contribution in [0.1, 0.15) is 19.4 Å². The molecule has 0 saturated carbocycles. The summed E-state index contributed by atoms with van der Waals surface area (Å²) >= 11 is 1.18. The first-order valence-corrected chi connectivity index (χ1v) is 9.58. The van der Waals surface area contributed by atoms with Gasteiger partial charge in [-0.25, -0.2) is 4.39 Å². The Bertz CT molecular complexity index is 991. The Kier molecular flexibility index (Phi) is 4.70. The van der Waals surface area contributed by atoms with Crippen molar-refractivity contribution in [2.75, 3.05) is 4.90 Å². The molecule has 0 N–H and O–H groups in total. The van der Waals surface area contributed by atoms with Crippen LogP contribution < -0.4 is 4.90 Å². The fourth-order valence-electron chi connectivity index (χ4n) is 3.30. The van der Waals surface area contributed by atoms with E-state index in [4.69, 9.17) is 4.42 Å². The number of nitrogens with zero attached hydrogens (tertiary/aromatic N) is 3. The number of aromatic nitrogens is 2. The van der Waals surface area contributed by atoms with Gasteiger partial charge in [-0.05, 0) is 44.0 Å². The lowest BCUT2D eigenvalue weighted by Crippen LogP contribution is -2.40. The number of fused-ring (bicyclic) bond motifs is 1. The summed E-state index contributed by atoms with van der Waals surface area (Å²) in [5, 5.41) is 7.70. The average Bonchev–Trinajstić information content (AvgIpc) is 3.25. The zero-order valence-corrected chi connectivity index (χ0v) is 15.7. The van der Waals surface area contributed by atoms with Gasteiger partial charge in [0.05, 0.1) is 10.8 Å². The smallest absolute Gasteiger partial charge is 0.277 e. The molecule has 0 spiro atoms. The van der Waals surface area contributed by atoms with Crippen LogP contribution in [0.3, 0.4) is 0 Å². The zero-order valence-electron chi connectivity index (χ0n) is 14.9. The molecule has 1 aliphatic rings. The number of thioether (sulfide) groups is 1. The molecule has 0 radical (unpaired) electrons.